The Morgan fingerprint density at radius 2 is 1.89 bits per heavy atom. The lowest BCUT2D eigenvalue weighted by Crippen LogP contribution is -2.48. The van der Waals surface area contributed by atoms with Gasteiger partial charge in [0.05, 0.1) is 19.2 Å². The van der Waals surface area contributed by atoms with Crippen molar-refractivity contribution in [2.24, 2.45) is 10.9 Å². The summed E-state index contributed by atoms with van der Waals surface area (Å²) in [6.07, 6.45) is 0.683. The predicted octanol–water partition coefficient (Wildman–Crippen LogP) is -0.629. The Balaban J connectivity index is 2.22. The molecule has 1 aromatic rings. The van der Waals surface area contributed by atoms with Crippen molar-refractivity contribution in [1.82, 2.24) is 9.37 Å². The molecule has 0 spiro atoms. The maximum Gasteiger partial charge on any atom is 0.407 e. The van der Waals surface area contributed by atoms with Gasteiger partial charge in [-0.2, -0.15) is 8.42 Å². The van der Waals surface area contributed by atoms with Gasteiger partial charge in [0, 0.05) is 6.04 Å². The number of carbonyl (C=O) groups is 1. The number of nitrogens with zero attached hydrogens (tertiary/aromatic N) is 2. The fourth-order valence-corrected chi connectivity index (χ4v) is 5.40. The average molecular weight is 437 g/mol. The third-order valence-electron chi connectivity index (χ3n) is 4.49. The number of primary sulfonamides is 1. The second kappa shape index (κ2) is 8.71. The molecular formula is C15H24N4O7S2. The molecule has 1 fully saturated rings. The lowest BCUT2D eigenvalue weighted by molar-refractivity contribution is -0.0673. The molecule has 2 unspecified atom stereocenters. The van der Waals surface area contributed by atoms with Gasteiger partial charge in [0.1, 0.15) is 5.37 Å². The van der Waals surface area contributed by atoms with E-state index < -0.39 is 37.7 Å². The lowest BCUT2D eigenvalue weighted by Gasteiger charge is -2.30. The van der Waals surface area contributed by atoms with Crippen molar-refractivity contribution in [2.75, 3.05) is 20.2 Å². The summed E-state index contributed by atoms with van der Waals surface area (Å²) >= 11 is 0. The molecule has 1 heterocycles. The molecule has 13 heteroatoms. The molecule has 1 amide bonds. The molecule has 1 aliphatic heterocycles. The molecule has 11 nitrogen and oxygen atoms in total. The third kappa shape index (κ3) is 4.98. The highest BCUT2D eigenvalue weighted by molar-refractivity contribution is 7.89. The number of benzene rings is 1. The number of hydrogen-bond acceptors (Lipinski definition) is 8. The Morgan fingerprint density at radius 1 is 1.25 bits per heavy atom. The van der Waals surface area contributed by atoms with Crippen LogP contribution in [-0.2, 0) is 25.2 Å². The fourth-order valence-electron chi connectivity index (χ4n) is 3.24. The van der Waals surface area contributed by atoms with Gasteiger partial charge in [0.2, 0.25) is 10.0 Å². The van der Waals surface area contributed by atoms with E-state index >= 15 is 0 Å². The Morgan fingerprint density at radius 3 is 2.43 bits per heavy atom. The number of para-hydroxylation sites is 1. The van der Waals surface area contributed by atoms with Crippen LogP contribution in [0.15, 0.2) is 24.3 Å². The number of carbonyl (C=O) groups excluding carboxylic acids is 1. The average Bonchev–Trinajstić information content (AvgIpc) is 3.02. The van der Waals surface area contributed by atoms with E-state index in [1.165, 1.54) is 24.3 Å². The lowest BCUT2D eigenvalue weighted by atomic mass is 10.2. The molecule has 0 aliphatic carbocycles. The van der Waals surface area contributed by atoms with Crippen molar-refractivity contribution in [3.63, 3.8) is 0 Å². The maximum absolute atomic E-state index is 12.6. The quantitative estimate of drug-likeness (QED) is 0.483. The van der Waals surface area contributed by atoms with E-state index in [1.54, 1.807) is 11.8 Å². The zero-order valence-corrected chi connectivity index (χ0v) is 17.1. The molecule has 158 valence electrons. The van der Waals surface area contributed by atoms with Crippen LogP contribution in [0.4, 0.5) is 0 Å². The molecule has 1 saturated heterocycles. The number of likely N-dealkylation sites (N-methyl/N-ethyl adjacent to an activating group) is 1. The number of primary amides is 1. The van der Waals surface area contributed by atoms with E-state index in [-0.39, 0.29) is 24.3 Å². The minimum Gasteiger partial charge on any atom is -0.368 e. The number of amides is 1. The van der Waals surface area contributed by atoms with Crippen molar-refractivity contribution in [2.45, 2.75) is 31.2 Å². The highest BCUT2D eigenvalue weighted by atomic mass is 32.2. The number of hydrogen-bond donors (Lipinski definition) is 2. The van der Waals surface area contributed by atoms with Gasteiger partial charge in [-0.3, -0.25) is 14.5 Å². The summed E-state index contributed by atoms with van der Waals surface area (Å²) in [6, 6.07) is 5.17. The zero-order chi connectivity index (χ0) is 21.1. The summed E-state index contributed by atoms with van der Waals surface area (Å²) in [5, 5.41) is 4.38. The van der Waals surface area contributed by atoms with Crippen molar-refractivity contribution < 1.29 is 30.7 Å². The van der Waals surface area contributed by atoms with E-state index in [2.05, 4.69) is 0 Å². The smallest absolute Gasteiger partial charge is 0.368 e. The van der Waals surface area contributed by atoms with Crippen LogP contribution in [0.25, 0.3) is 0 Å². The van der Waals surface area contributed by atoms with E-state index in [0.717, 1.165) is 7.11 Å². The van der Waals surface area contributed by atoms with Crippen LogP contribution in [0.1, 0.15) is 30.1 Å². The Labute approximate surface area is 164 Å². The highest BCUT2D eigenvalue weighted by Crippen LogP contribution is 2.28. The summed E-state index contributed by atoms with van der Waals surface area (Å²) in [5.74, 6) is -1.09. The molecule has 2 rings (SSSR count). The third-order valence-corrected chi connectivity index (χ3v) is 6.94. The number of likely N-dealkylation sites (tertiary alicyclic amines) is 1. The van der Waals surface area contributed by atoms with Crippen molar-refractivity contribution in [3.8, 4) is 5.75 Å². The maximum atomic E-state index is 12.6. The molecule has 0 radical (unpaired) electrons. The SMILES string of the molecule is CCN1C(CN(OC)S(=O)(=O)Oc2ccccc2C(N)=O)CCC1S(N)(=O)=O. The van der Waals surface area contributed by atoms with Gasteiger partial charge in [0.15, 0.2) is 5.75 Å². The minimum absolute atomic E-state index is 0.104. The van der Waals surface area contributed by atoms with E-state index in [0.29, 0.717) is 17.4 Å². The first-order chi connectivity index (χ1) is 13.0. The van der Waals surface area contributed by atoms with Crippen LogP contribution < -0.4 is 15.1 Å². The van der Waals surface area contributed by atoms with Gasteiger partial charge in [-0.05, 0) is 36.0 Å². The van der Waals surface area contributed by atoms with Crippen LogP contribution >= 0.6 is 0 Å². The summed E-state index contributed by atoms with van der Waals surface area (Å²) in [7, 11) is -7.12. The monoisotopic (exact) mass is 436 g/mol. The fraction of sp³-hybridized carbons (Fsp3) is 0.533. The zero-order valence-electron chi connectivity index (χ0n) is 15.5. The van der Waals surface area contributed by atoms with Crippen LogP contribution in [0.5, 0.6) is 5.75 Å². The van der Waals surface area contributed by atoms with Gasteiger partial charge in [-0.25, -0.2) is 13.6 Å². The van der Waals surface area contributed by atoms with Crippen molar-refractivity contribution >= 4 is 26.2 Å². The Kier molecular flexibility index (Phi) is 7.01. The molecule has 0 bridgehead atoms. The van der Waals surface area contributed by atoms with E-state index in [9.17, 15) is 21.6 Å². The Bertz CT molecular complexity index is 920. The molecule has 0 saturated carbocycles. The van der Waals surface area contributed by atoms with Gasteiger partial charge < -0.3 is 9.92 Å². The molecule has 28 heavy (non-hydrogen) atoms. The van der Waals surface area contributed by atoms with Crippen LogP contribution in [0, 0.1) is 0 Å². The molecule has 4 N–H and O–H groups in total. The first-order valence-electron chi connectivity index (χ1n) is 8.43. The second-order valence-corrected chi connectivity index (χ2v) is 9.33. The largest absolute Gasteiger partial charge is 0.407 e. The van der Waals surface area contributed by atoms with Gasteiger partial charge in [-0.1, -0.05) is 19.1 Å². The number of nitrogens with two attached hydrogens (primary N) is 2. The molecule has 0 aromatic heterocycles. The van der Waals surface area contributed by atoms with Crippen LogP contribution in [-0.4, -0.2) is 63.7 Å². The van der Waals surface area contributed by atoms with E-state index in [1.807, 2.05) is 0 Å². The normalized spacial score (nSPS) is 21.1. The number of sulfonamides is 1. The molecule has 1 aliphatic rings. The second-order valence-electron chi connectivity index (χ2n) is 6.17. The first-order valence-corrected chi connectivity index (χ1v) is 11.4. The topological polar surface area (TPSA) is 162 Å². The summed E-state index contributed by atoms with van der Waals surface area (Å²) < 4.78 is 54.4. The van der Waals surface area contributed by atoms with E-state index in [4.69, 9.17) is 19.9 Å². The Hall–Kier alpha value is -1.77. The number of hydroxylamine groups is 1. The number of rotatable bonds is 9. The van der Waals surface area contributed by atoms with Gasteiger partial charge in [-0.15, -0.1) is 0 Å². The molecular weight excluding hydrogens is 412 g/mol. The standard InChI is InChI=1S/C15H24N4O7S2/c1-3-18-11(8-9-14(18)27(17,21)22)10-19(25-2)28(23,24)26-13-7-5-4-6-12(13)15(16)20/h4-7,11,14H,3,8-10H2,1-2H3,(H2,16,20)(H2,17,21,22). The highest BCUT2D eigenvalue weighted by Gasteiger charge is 2.41. The van der Waals surface area contributed by atoms with Crippen LogP contribution in [0.3, 0.4) is 0 Å². The van der Waals surface area contributed by atoms with Gasteiger partial charge >= 0.3 is 10.3 Å². The minimum atomic E-state index is -4.46. The van der Waals surface area contributed by atoms with Gasteiger partial charge in [0.25, 0.3) is 5.91 Å². The predicted molar refractivity (Wildman–Crippen MR) is 101 cm³/mol. The molecule has 1 aromatic carbocycles. The van der Waals surface area contributed by atoms with Crippen molar-refractivity contribution in [1.29, 1.82) is 0 Å². The van der Waals surface area contributed by atoms with Crippen molar-refractivity contribution in [3.05, 3.63) is 29.8 Å². The van der Waals surface area contributed by atoms with Crippen LogP contribution in [0.2, 0.25) is 0 Å². The molecule has 2 atom stereocenters. The first kappa shape index (κ1) is 22.5. The summed E-state index contributed by atoms with van der Waals surface area (Å²) in [5.41, 5.74) is 5.13. The summed E-state index contributed by atoms with van der Waals surface area (Å²) in [4.78, 5) is 18.0. The summed E-state index contributed by atoms with van der Waals surface area (Å²) in [6.45, 7) is 1.92.